The van der Waals surface area contributed by atoms with E-state index in [-0.39, 0.29) is 0 Å². The molecule has 0 saturated heterocycles. The van der Waals surface area contributed by atoms with Crippen molar-refractivity contribution in [3.05, 3.63) is 12.7 Å². The van der Waals surface area contributed by atoms with Crippen LogP contribution in [0.3, 0.4) is 0 Å². The molecule has 8 heavy (non-hydrogen) atoms. The van der Waals surface area contributed by atoms with Gasteiger partial charge in [0.05, 0.1) is 0 Å². The van der Waals surface area contributed by atoms with Gasteiger partial charge in [0.2, 0.25) is 0 Å². The quantitative estimate of drug-likeness (QED) is 0.445. The minimum atomic E-state index is -1.33. The van der Waals surface area contributed by atoms with Crippen LogP contribution in [0.1, 0.15) is 0 Å². The summed E-state index contributed by atoms with van der Waals surface area (Å²) in [5.41, 5.74) is 4.03. The molecule has 0 aliphatic carbocycles. The number of hydrogen-bond acceptors (Lipinski definition) is 1. The van der Waals surface area contributed by atoms with E-state index in [4.69, 9.17) is 9.90 Å². The summed E-state index contributed by atoms with van der Waals surface area (Å²) in [6, 6.07) is 0. The van der Waals surface area contributed by atoms with Crippen molar-refractivity contribution in [3.8, 4) is 0 Å². The van der Waals surface area contributed by atoms with Crippen molar-refractivity contribution >= 4 is 6.09 Å². The Labute approximate surface area is 56.4 Å². The van der Waals surface area contributed by atoms with Crippen LogP contribution in [0.4, 0.5) is 4.79 Å². The van der Waals surface area contributed by atoms with Crippen molar-refractivity contribution in [3.63, 3.8) is 0 Å². The van der Waals surface area contributed by atoms with E-state index in [0.29, 0.717) is 5.32 Å². The standard InChI is InChI=1S/C3H5.CH3NO2.Cu/c1-3-2;2-1(3)4;/h3H,1-2H2;2H2,(H,3,4);. The van der Waals surface area contributed by atoms with Gasteiger partial charge in [0.15, 0.2) is 0 Å². The van der Waals surface area contributed by atoms with Crippen LogP contribution >= 0.6 is 0 Å². The topological polar surface area (TPSA) is 63.3 Å². The minimum Gasteiger partial charge on any atom is -0.465 e. The summed E-state index contributed by atoms with van der Waals surface area (Å²) in [4.78, 5) is 8.78. The molecule has 0 aromatic heterocycles. The fourth-order valence-electron chi connectivity index (χ4n) is 0. The molecule has 0 fully saturated rings. The Morgan fingerprint density at radius 1 is 2.00 bits per heavy atom. The van der Waals surface area contributed by atoms with Gasteiger partial charge in [-0.1, -0.05) is 0 Å². The first-order valence-electron chi connectivity index (χ1n) is 1.75. The molecule has 0 aliphatic rings. The maximum Gasteiger partial charge on any atom is 0.402 e. The second-order valence-electron chi connectivity index (χ2n) is 0.750. The van der Waals surface area contributed by atoms with Gasteiger partial charge >= 0.3 is 40.1 Å². The van der Waals surface area contributed by atoms with Crippen molar-refractivity contribution in [1.29, 1.82) is 0 Å². The first-order chi connectivity index (χ1) is 3.65. The van der Waals surface area contributed by atoms with Crippen molar-refractivity contribution in [1.82, 2.24) is 0 Å². The fourth-order valence-corrected chi connectivity index (χ4v) is 0. The molecule has 0 aliphatic heterocycles. The van der Waals surface area contributed by atoms with E-state index >= 15 is 0 Å². The molecule has 0 atom stereocenters. The van der Waals surface area contributed by atoms with Gasteiger partial charge in [-0.15, -0.1) is 0 Å². The van der Waals surface area contributed by atoms with Crippen molar-refractivity contribution in [2.24, 2.45) is 5.73 Å². The molecule has 0 rings (SSSR count). The molecule has 0 heterocycles. The number of carbonyl (C=O) groups is 1. The van der Waals surface area contributed by atoms with E-state index in [1.807, 2.05) is 0 Å². The van der Waals surface area contributed by atoms with Crippen LogP contribution < -0.4 is 5.73 Å². The number of primary amides is 1. The smallest absolute Gasteiger partial charge is 0.402 e. The molecule has 0 spiro atoms. The van der Waals surface area contributed by atoms with Gasteiger partial charge in [0.1, 0.15) is 0 Å². The first kappa shape index (κ1) is 10.5. The maximum atomic E-state index is 8.78. The monoisotopic (exact) mass is 165 g/mol. The molecule has 0 saturated carbocycles. The maximum absolute atomic E-state index is 8.78. The van der Waals surface area contributed by atoms with Crippen LogP contribution in [0.25, 0.3) is 0 Å². The average molecular weight is 166 g/mol. The summed E-state index contributed by atoms with van der Waals surface area (Å²) in [7, 11) is 0. The Hall–Kier alpha value is -0.471. The molecule has 0 unspecified atom stereocenters. The van der Waals surface area contributed by atoms with Crippen LogP contribution in [0.5, 0.6) is 0 Å². The van der Waals surface area contributed by atoms with Gasteiger partial charge in [0.25, 0.3) is 0 Å². The Balaban J connectivity index is 0. The Bertz CT molecular complexity index is 70.4. The van der Waals surface area contributed by atoms with E-state index in [1.165, 1.54) is 0 Å². The average Bonchev–Trinajstić information content (AvgIpc) is 1.65. The van der Waals surface area contributed by atoms with Gasteiger partial charge in [-0.3, -0.25) is 0 Å². The summed E-state index contributed by atoms with van der Waals surface area (Å²) in [5, 5.41) is 7.84. The molecule has 0 bridgehead atoms. The molecule has 0 aromatic rings. The number of allylic oxidation sites excluding steroid dienone is 1. The second-order valence-corrected chi connectivity index (χ2v) is 1.13. The Kier molecular flexibility index (Phi) is 12.8. The van der Waals surface area contributed by atoms with Crippen LogP contribution in [0.2, 0.25) is 5.32 Å². The summed E-state index contributed by atoms with van der Waals surface area (Å²) < 4.78 is 0. The van der Waals surface area contributed by atoms with Gasteiger partial charge in [-0.2, -0.15) is 0 Å². The molecule has 4 heteroatoms. The summed E-state index contributed by atoms with van der Waals surface area (Å²) >= 11 is 4.55. The zero-order valence-electron chi connectivity index (χ0n) is 4.23. The van der Waals surface area contributed by atoms with E-state index in [9.17, 15) is 0 Å². The van der Waals surface area contributed by atoms with Crippen LogP contribution in [0.15, 0.2) is 12.7 Å². The fraction of sp³-hybridized carbons (Fsp3) is 0.250. The molecule has 3 N–H and O–H groups in total. The third-order valence-corrected chi connectivity index (χ3v) is 0.359. The SMILES string of the molecule is C=C[CH2][Cu].NC(=O)O. The summed E-state index contributed by atoms with van der Waals surface area (Å²) in [5.74, 6) is 0. The summed E-state index contributed by atoms with van der Waals surface area (Å²) in [6.45, 7) is 3.37. The molecular weight excluding hydrogens is 158 g/mol. The Morgan fingerprint density at radius 3 is 2.12 bits per heavy atom. The summed E-state index contributed by atoms with van der Waals surface area (Å²) in [6.07, 6.45) is 0.347. The van der Waals surface area contributed by atoms with E-state index in [0.717, 1.165) is 0 Å². The van der Waals surface area contributed by atoms with Gasteiger partial charge < -0.3 is 10.8 Å². The molecule has 0 radical (unpaired) electrons. The van der Waals surface area contributed by atoms with Crippen molar-refractivity contribution < 1.29 is 25.9 Å². The normalized spacial score (nSPS) is 6.25. The second kappa shape index (κ2) is 9.73. The predicted molar refractivity (Wildman–Crippen MR) is 27.2 cm³/mol. The minimum absolute atomic E-state index is 0.646. The number of hydrogen-bond donors (Lipinski definition) is 2. The number of nitrogens with two attached hydrogens (primary N) is 1. The van der Waals surface area contributed by atoms with Crippen molar-refractivity contribution in [2.75, 3.05) is 0 Å². The van der Waals surface area contributed by atoms with E-state index in [1.54, 1.807) is 6.08 Å². The third-order valence-electron chi connectivity index (χ3n) is 0.0870. The molecular formula is C4H8CuNO2. The number of carboxylic acid groups (broad SMARTS) is 1. The molecule has 52 valence electrons. The molecule has 0 aromatic carbocycles. The largest absolute Gasteiger partial charge is 0.465 e. The molecule has 1 amide bonds. The zero-order valence-corrected chi connectivity index (χ0v) is 5.17. The van der Waals surface area contributed by atoms with E-state index < -0.39 is 6.09 Å². The van der Waals surface area contributed by atoms with Gasteiger partial charge in [-0.05, 0) is 0 Å². The van der Waals surface area contributed by atoms with Gasteiger partial charge in [-0.25, -0.2) is 4.79 Å². The molecule has 3 nitrogen and oxygen atoms in total. The third kappa shape index (κ3) is 405. The predicted octanol–water partition coefficient (Wildman–Crippen LogP) is 0.761. The number of rotatable bonds is 1. The van der Waals surface area contributed by atoms with Crippen molar-refractivity contribution in [2.45, 2.75) is 5.32 Å². The first-order valence-corrected chi connectivity index (χ1v) is 2.41. The van der Waals surface area contributed by atoms with Crippen LogP contribution in [-0.2, 0) is 16.0 Å². The van der Waals surface area contributed by atoms with Gasteiger partial charge in [0, 0.05) is 0 Å². The van der Waals surface area contributed by atoms with E-state index in [2.05, 4.69) is 28.3 Å². The van der Waals surface area contributed by atoms with Crippen LogP contribution in [0, 0.1) is 0 Å². The van der Waals surface area contributed by atoms with Crippen LogP contribution in [-0.4, -0.2) is 11.2 Å². The number of amides is 1. The zero-order chi connectivity index (χ0) is 6.99. The Morgan fingerprint density at radius 2 is 2.12 bits per heavy atom.